The number of ether oxygens (including phenoxy) is 1. The summed E-state index contributed by atoms with van der Waals surface area (Å²) in [6, 6.07) is 17.8. The lowest BCUT2D eigenvalue weighted by Crippen LogP contribution is -2.07. The molecule has 30 heavy (non-hydrogen) atoms. The molecule has 0 bridgehead atoms. The third kappa shape index (κ3) is 4.48. The highest BCUT2D eigenvalue weighted by molar-refractivity contribution is 6.35. The van der Waals surface area contributed by atoms with Crippen LogP contribution in [0, 0.1) is 0 Å². The summed E-state index contributed by atoms with van der Waals surface area (Å²) in [6.45, 7) is 0. The number of anilines is 1. The van der Waals surface area contributed by atoms with Gasteiger partial charge in [-0.25, -0.2) is 4.98 Å². The third-order valence-electron chi connectivity index (χ3n) is 4.37. The van der Waals surface area contributed by atoms with Gasteiger partial charge in [-0.15, -0.1) is 0 Å². The Hall–Kier alpha value is -3.28. The predicted molar refractivity (Wildman–Crippen MR) is 120 cm³/mol. The van der Waals surface area contributed by atoms with E-state index < -0.39 is 0 Å². The molecule has 7 heteroatoms. The summed E-state index contributed by atoms with van der Waals surface area (Å²) in [5, 5.41) is 3.82. The lowest BCUT2D eigenvalue weighted by molar-refractivity contribution is -0.111. The second kappa shape index (κ2) is 8.61. The molecule has 1 amide bonds. The molecule has 0 atom stereocenters. The minimum Gasteiger partial charge on any atom is -0.497 e. The minimum atomic E-state index is -0.275. The first-order valence-electron chi connectivity index (χ1n) is 9.01. The second-order valence-electron chi connectivity index (χ2n) is 6.42. The summed E-state index contributed by atoms with van der Waals surface area (Å²) in [4.78, 5) is 16.7. The number of carbonyl (C=O) groups excluding carboxylic acids is 1. The van der Waals surface area contributed by atoms with E-state index in [1.54, 1.807) is 43.5 Å². The molecule has 0 spiro atoms. The van der Waals surface area contributed by atoms with Crippen LogP contribution >= 0.6 is 23.2 Å². The van der Waals surface area contributed by atoms with Crippen LogP contribution in [0.25, 0.3) is 28.6 Å². The number of amides is 1. The maximum absolute atomic E-state index is 12.2. The van der Waals surface area contributed by atoms with E-state index in [1.165, 1.54) is 6.08 Å². The number of hydrogen-bond donors (Lipinski definition) is 1. The average molecular weight is 439 g/mol. The SMILES string of the molecule is COc1ccc2oc(-c3ccc(NC(=O)C=Cc4ccc(Cl)cc4Cl)cc3)nc2c1. The van der Waals surface area contributed by atoms with Gasteiger partial charge in [-0.3, -0.25) is 4.79 Å². The monoisotopic (exact) mass is 438 g/mol. The van der Waals surface area contributed by atoms with Crippen molar-refractivity contribution in [2.45, 2.75) is 0 Å². The topological polar surface area (TPSA) is 64.4 Å². The zero-order chi connectivity index (χ0) is 21.1. The third-order valence-corrected chi connectivity index (χ3v) is 4.93. The van der Waals surface area contributed by atoms with Crippen LogP contribution in [0.4, 0.5) is 5.69 Å². The van der Waals surface area contributed by atoms with Crippen molar-refractivity contribution < 1.29 is 13.9 Å². The van der Waals surface area contributed by atoms with Crippen molar-refractivity contribution >= 4 is 52.0 Å². The van der Waals surface area contributed by atoms with Crippen LogP contribution in [0.5, 0.6) is 5.75 Å². The van der Waals surface area contributed by atoms with Crippen molar-refractivity contribution in [1.82, 2.24) is 4.98 Å². The first kappa shape index (κ1) is 20.0. The van der Waals surface area contributed by atoms with E-state index in [1.807, 2.05) is 30.3 Å². The zero-order valence-corrected chi connectivity index (χ0v) is 17.4. The van der Waals surface area contributed by atoms with Gasteiger partial charge in [0.2, 0.25) is 11.8 Å². The fourth-order valence-corrected chi connectivity index (χ4v) is 3.31. The van der Waals surface area contributed by atoms with Crippen LogP contribution in [0.1, 0.15) is 5.56 Å². The number of halogens is 2. The average Bonchev–Trinajstić information content (AvgIpc) is 3.17. The highest BCUT2D eigenvalue weighted by Gasteiger charge is 2.09. The molecule has 4 aromatic rings. The van der Waals surface area contributed by atoms with Gasteiger partial charge in [0.05, 0.1) is 7.11 Å². The molecule has 1 heterocycles. The first-order chi connectivity index (χ1) is 14.5. The maximum atomic E-state index is 12.2. The van der Waals surface area contributed by atoms with E-state index in [0.717, 1.165) is 5.56 Å². The molecule has 150 valence electrons. The molecule has 1 N–H and O–H groups in total. The molecule has 0 saturated heterocycles. The van der Waals surface area contributed by atoms with E-state index >= 15 is 0 Å². The molecule has 3 aromatic carbocycles. The van der Waals surface area contributed by atoms with Gasteiger partial charge in [-0.1, -0.05) is 29.3 Å². The van der Waals surface area contributed by atoms with Crippen molar-refractivity contribution in [3.05, 3.63) is 82.3 Å². The summed E-state index contributed by atoms with van der Waals surface area (Å²) in [7, 11) is 1.61. The van der Waals surface area contributed by atoms with E-state index in [-0.39, 0.29) is 5.91 Å². The maximum Gasteiger partial charge on any atom is 0.248 e. The lowest BCUT2D eigenvalue weighted by atomic mass is 10.2. The normalized spacial score (nSPS) is 11.2. The quantitative estimate of drug-likeness (QED) is 0.363. The standard InChI is InChI=1S/C23H16Cl2N2O3/c1-29-18-9-10-21-20(13-18)27-23(30-21)15-3-7-17(8-4-15)26-22(28)11-5-14-2-6-16(24)12-19(14)25/h2-13H,1H3,(H,26,28). The molecule has 0 radical (unpaired) electrons. The Balaban J connectivity index is 1.45. The lowest BCUT2D eigenvalue weighted by Gasteiger charge is -2.03. The molecular formula is C23H16Cl2N2O3. The number of nitrogens with zero attached hydrogens (tertiary/aromatic N) is 1. The van der Waals surface area contributed by atoms with Crippen LogP contribution in [-0.4, -0.2) is 18.0 Å². The van der Waals surface area contributed by atoms with Crippen molar-refractivity contribution in [2.24, 2.45) is 0 Å². The molecule has 0 unspecified atom stereocenters. The molecule has 0 aliphatic heterocycles. The van der Waals surface area contributed by atoms with Crippen molar-refractivity contribution in [3.63, 3.8) is 0 Å². The van der Waals surface area contributed by atoms with Gasteiger partial charge in [0.15, 0.2) is 5.58 Å². The molecule has 5 nitrogen and oxygen atoms in total. The Morgan fingerprint density at radius 3 is 2.60 bits per heavy atom. The number of hydrogen-bond acceptors (Lipinski definition) is 4. The number of methoxy groups -OCH3 is 1. The van der Waals surface area contributed by atoms with Gasteiger partial charge >= 0.3 is 0 Å². The van der Waals surface area contributed by atoms with Gasteiger partial charge in [-0.05, 0) is 60.2 Å². The van der Waals surface area contributed by atoms with Crippen LogP contribution in [0.2, 0.25) is 10.0 Å². The Morgan fingerprint density at radius 1 is 1.07 bits per heavy atom. The summed E-state index contributed by atoms with van der Waals surface area (Å²) in [6.07, 6.45) is 3.05. The molecule has 0 aliphatic carbocycles. The fraction of sp³-hybridized carbons (Fsp3) is 0.0435. The van der Waals surface area contributed by atoms with Crippen molar-refractivity contribution in [2.75, 3.05) is 12.4 Å². The summed E-state index contributed by atoms with van der Waals surface area (Å²) in [5.41, 5.74) is 3.54. The van der Waals surface area contributed by atoms with Crippen LogP contribution in [0.15, 0.2) is 71.2 Å². The largest absolute Gasteiger partial charge is 0.497 e. The summed E-state index contributed by atoms with van der Waals surface area (Å²) < 4.78 is 11.0. The summed E-state index contributed by atoms with van der Waals surface area (Å²) >= 11 is 12.0. The van der Waals surface area contributed by atoms with Gasteiger partial charge in [0.25, 0.3) is 0 Å². The Kier molecular flexibility index (Phi) is 5.74. The highest BCUT2D eigenvalue weighted by atomic mass is 35.5. The second-order valence-corrected chi connectivity index (χ2v) is 7.26. The Bertz CT molecular complexity index is 1250. The van der Waals surface area contributed by atoms with Crippen molar-refractivity contribution in [3.8, 4) is 17.2 Å². The molecule has 4 rings (SSSR count). The highest BCUT2D eigenvalue weighted by Crippen LogP contribution is 2.28. The smallest absolute Gasteiger partial charge is 0.248 e. The van der Waals surface area contributed by atoms with Crippen LogP contribution in [0.3, 0.4) is 0 Å². The Labute approximate surface area is 182 Å². The number of fused-ring (bicyclic) bond motifs is 1. The number of rotatable bonds is 5. The van der Waals surface area contributed by atoms with E-state index in [2.05, 4.69) is 10.3 Å². The molecular weight excluding hydrogens is 423 g/mol. The van der Waals surface area contributed by atoms with E-state index in [9.17, 15) is 4.79 Å². The van der Waals surface area contributed by atoms with E-state index in [0.29, 0.717) is 44.0 Å². The fourth-order valence-electron chi connectivity index (χ4n) is 2.84. The molecule has 0 aliphatic rings. The van der Waals surface area contributed by atoms with Crippen molar-refractivity contribution in [1.29, 1.82) is 0 Å². The first-order valence-corrected chi connectivity index (χ1v) is 9.76. The van der Waals surface area contributed by atoms with Gasteiger partial charge in [0, 0.05) is 33.4 Å². The number of carbonyl (C=O) groups is 1. The number of oxazole rings is 1. The predicted octanol–water partition coefficient (Wildman–Crippen LogP) is 6.46. The van der Waals surface area contributed by atoms with Gasteiger partial charge in [0.1, 0.15) is 11.3 Å². The number of aromatic nitrogens is 1. The minimum absolute atomic E-state index is 0.275. The molecule has 0 saturated carbocycles. The molecule has 0 fully saturated rings. The van der Waals surface area contributed by atoms with Gasteiger partial charge < -0.3 is 14.5 Å². The van der Waals surface area contributed by atoms with Gasteiger partial charge in [-0.2, -0.15) is 0 Å². The Morgan fingerprint density at radius 2 is 1.87 bits per heavy atom. The van der Waals surface area contributed by atoms with Crippen LogP contribution < -0.4 is 10.1 Å². The van der Waals surface area contributed by atoms with E-state index in [4.69, 9.17) is 32.4 Å². The molecule has 1 aromatic heterocycles. The zero-order valence-electron chi connectivity index (χ0n) is 15.9. The van der Waals surface area contributed by atoms with Crippen LogP contribution in [-0.2, 0) is 4.79 Å². The summed E-state index contributed by atoms with van der Waals surface area (Å²) in [5.74, 6) is 0.935. The number of nitrogens with one attached hydrogen (secondary N) is 1. The number of benzene rings is 3.